The molecule has 0 aliphatic heterocycles. The van der Waals surface area contributed by atoms with Crippen LogP contribution < -0.4 is 9.44 Å². The van der Waals surface area contributed by atoms with E-state index in [2.05, 4.69) is 29.0 Å². The van der Waals surface area contributed by atoms with E-state index < -0.39 is 0 Å². The molecule has 0 aliphatic rings. The van der Waals surface area contributed by atoms with Gasteiger partial charge in [-0.2, -0.15) is 12.6 Å². The van der Waals surface area contributed by atoms with E-state index in [-0.39, 0.29) is 0 Å². The zero-order chi connectivity index (χ0) is 8.36. The molecule has 0 heterocycles. The summed E-state index contributed by atoms with van der Waals surface area (Å²) in [5, 5.41) is 0. The predicted molar refractivity (Wildman–Crippen MR) is 57.0 cm³/mol. The minimum atomic E-state index is 0.961. The molecule has 0 aliphatic carbocycles. The fourth-order valence-corrected chi connectivity index (χ4v) is 1.31. The van der Waals surface area contributed by atoms with Crippen molar-refractivity contribution in [1.82, 2.24) is 9.44 Å². The van der Waals surface area contributed by atoms with Crippen LogP contribution in [0.15, 0.2) is 0 Å². The summed E-state index contributed by atoms with van der Waals surface area (Å²) in [6, 6.07) is 0. The lowest BCUT2D eigenvalue weighted by atomic mass is 10.3. The largest absolute Gasteiger partial charge is 0.251 e. The molecule has 0 saturated heterocycles. The normalized spacial score (nSPS) is 10.4. The van der Waals surface area contributed by atoms with Gasteiger partial charge in [-0.1, -0.05) is 13.3 Å². The lowest BCUT2D eigenvalue weighted by molar-refractivity contribution is 0.770. The summed E-state index contributed by atoms with van der Waals surface area (Å²) in [6.07, 6.45) is 3.64. The number of nitrogens with one attached hydrogen (secondary N) is 2. The van der Waals surface area contributed by atoms with Crippen molar-refractivity contribution in [2.45, 2.75) is 26.2 Å². The third kappa shape index (κ3) is 10.6. The van der Waals surface area contributed by atoms with Crippen LogP contribution in [0.2, 0.25) is 0 Å². The maximum atomic E-state index is 4.11. The van der Waals surface area contributed by atoms with Crippen molar-refractivity contribution in [1.29, 1.82) is 0 Å². The van der Waals surface area contributed by atoms with Gasteiger partial charge >= 0.3 is 0 Å². The van der Waals surface area contributed by atoms with Gasteiger partial charge in [-0.15, -0.1) is 0 Å². The van der Waals surface area contributed by atoms with Crippen LogP contribution in [-0.2, 0) is 0 Å². The van der Waals surface area contributed by atoms with Crippen LogP contribution in [0.4, 0.5) is 0 Å². The van der Waals surface area contributed by atoms with E-state index >= 15 is 0 Å². The van der Waals surface area contributed by atoms with Crippen molar-refractivity contribution in [3.8, 4) is 0 Å². The van der Waals surface area contributed by atoms with Crippen LogP contribution in [0.1, 0.15) is 26.2 Å². The van der Waals surface area contributed by atoms with Gasteiger partial charge in [0.2, 0.25) is 0 Å². The zero-order valence-corrected chi connectivity index (χ0v) is 8.81. The Labute approximate surface area is 79.6 Å². The summed E-state index contributed by atoms with van der Waals surface area (Å²) >= 11 is 5.71. The average molecular weight is 194 g/mol. The first-order valence-corrected chi connectivity index (χ1v) is 5.59. The molecule has 0 radical (unpaired) electrons. The maximum Gasteiger partial charge on any atom is 0.00782 e. The van der Waals surface area contributed by atoms with Crippen molar-refractivity contribution >= 4 is 24.8 Å². The van der Waals surface area contributed by atoms with Gasteiger partial charge in [-0.25, -0.2) is 0 Å². The maximum absolute atomic E-state index is 4.11. The van der Waals surface area contributed by atoms with E-state index in [1.807, 2.05) is 0 Å². The molecule has 0 bridgehead atoms. The minimum absolute atomic E-state index is 0.961. The fourth-order valence-electron chi connectivity index (χ4n) is 0.553. The van der Waals surface area contributed by atoms with E-state index in [0.29, 0.717) is 0 Å². The van der Waals surface area contributed by atoms with Crippen molar-refractivity contribution < 1.29 is 0 Å². The van der Waals surface area contributed by atoms with Crippen LogP contribution in [0, 0.1) is 0 Å². The van der Waals surface area contributed by atoms with Crippen molar-refractivity contribution in [3.63, 3.8) is 0 Å². The van der Waals surface area contributed by atoms with Crippen molar-refractivity contribution in [2.75, 3.05) is 18.8 Å². The topological polar surface area (TPSA) is 24.1 Å². The second-order valence-corrected chi connectivity index (χ2v) is 3.55. The lowest BCUT2D eigenvalue weighted by Gasteiger charge is -2.02. The summed E-state index contributed by atoms with van der Waals surface area (Å²) in [4.78, 5) is 0. The Balaban J connectivity index is 2.69. The van der Waals surface area contributed by atoms with Crippen LogP contribution in [0.25, 0.3) is 0 Å². The standard InChI is InChI=1S/C7H18N2S2/c1-2-3-5-8-11-9-6-4-7-10/h8-10H,2-7H2,1H3. The van der Waals surface area contributed by atoms with Gasteiger partial charge in [-0.3, -0.25) is 9.44 Å². The summed E-state index contributed by atoms with van der Waals surface area (Å²) in [5.74, 6) is 0.961. The van der Waals surface area contributed by atoms with Gasteiger partial charge in [0.15, 0.2) is 0 Å². The molecule has 0 aromatic rings. The van der Waals surface area contributed by atoms with E-state index in [9.17, 15) is 0 Å². The SMILES string of the molecule is CCCCNSNCCCS. The average Bonchev–Trinajstić information content (AvgIpc) is 2.03. The zero-order valence-electron chi connectivity index (χ0n) is 7.10. The Kier molecular flexibility index (Phi) is 11.2. The molecule has 11 heavy (non-hydrogen) atoms. The van der Waals surface area contributed by atoms with E-state index in [1.54, 1.807) is 12.1 Å². The second-order valence-electron chi connectivity index (χ2n) is 2.32. The first-order valence-electron chi connectivity index (χ1n) is 4.14. The summed E-state index contributed by atoms with van der Waals surface area (Å²) in [5.41, 5.74) is 0. The molecule has 0 aromatic carbocycles. The summed E-state index contributed by atoms with van der Waals surface area (Å²) in [7, 11) is 0. The molecule has 0 atom stereocenters. The molecule has 68 valence electrons. The molecule has 0 aromatic heterocycles. The molecule has 4 heteroatoms. The third-order valence-corrected chi connectivity index (χ3v) is 2.23. The monoisotopic (exact) mass is 194 g/mol. The quantitative estimate of drug-likeness (QED) is 0.312. The number of rotatable bonds is 8. The van der Waals surface area contributed by atoms with Crippen LogP contribution in [0.5, 0.6) is 0 Å². The highest BCUT2D eigenvalue weighted by Gasteiger charge is 1.86. The van der Waals surface area contributed by atoms with Gasteiger partial charge in [0.1, 0.15) is 0 Å². The first kappa shape index (κ1) is 11.6. The molecule has 0 fully saturated rings. The molecule has 0 saturated carbocycles. The Hall–Kier alpha value is 0.620. The highest BCUT2D eigenvalue weighted by Crippen LogP contribution is 1.90. The van der Waals surface area contributed by atoms with E-state index in [1.165, 1.54) is 12.8 Å². The van der Waals surface area contributed by atoms with Crippen molar-refractivity contribution in [3.05, 3.63) is 0 Å². The highest BCUT2D eigenvalue weighted by atomic mass is 32.2. The molecule has 0 amide bonds. The number of unbranched alkanes of at least 4 members (excludes halogenated alkanes) is 1. The second kappa shape index (κ2) is 10.6. The van der Waals surface area contributed by atoms with Gasteiger partial charge in [-0.05, 0) is 18.6 Å². The Morgan fingerprint density at radius 2 is 1.82 bits per heavy atom. The number of hydrogen-bond acceptors (Lipinski definition) is 4. The molecule has 0 unspecified atom stereocenters. The summed E-state index contributed by atoms with van der Waals surface area (Å²) < 4.78 is 6.43. The van der Waals surface area contributed by atoms with Gasteiger partial charge < -0.3 is 0 Å². The number of hydrogen-bond donors (Lipinski definition) is 3. The lowest BCUT2D eigenvalue weighted by Crippen LogP contribution is -2.15. The van der Waals surface area contributed by atoms with E-state index in [0.717, 1.165) is 25.3 Å². The van der Waals surface area contributed by atoms with Gasteiger partial charge in [0.25, 0.3) is 0 Å². The van der Waals surface area contributed by atoms with Gasteiger partial charge in [0.05, 0.1) is 0 Å². The minimum Gasteiger partial charge on any atom is -0.251 e. The van der Waals surface area contributed by atoms with Crippen LogP contribution in [0.3, 0.4) is 0 Å². The Morgan fingerprint density at radius 3 is 2.36 bits per heavy atom. The Morgan fingerprint density at radius 1 is 1.18 bits per heavy atom. The summed E-state index contributed by atoms with van der Waals surface area (Å²) in [6.45, 7) is 4.32. The van der Waals surface area contributed by atoms with E-state index in [4.69, 9.17) is 0 Å². The Bertz CT molecular complexity index is 63.5. The molecular formula is C7H18N2S2. The molecule has 0 rings (SSSR count). The smallest absolute Gasteiger partial charge is 0.00782 e. The number of thiol groups is 1. The highest BCUT2D eigenvalue weighted by molar-refractivity contribution is 7.95. The van der Waals surface area contributed by atoms with Crippen LogP contribution >= 0.6 is 24.8 Å². The molecule has 2 N–H and O–H groups in total. The van der Waals surface area contributed by atoms with Crippen molar-refractivity contribution in [2.24, 2.45) is 0 Å². The first-order chi connectivity index (χ1) is 5.41. The van der Waals surface area contributed by atoms with Gasteiger partial charge in [0, 0.05) is 25.2 Å². The molecule has 2 nitrogen and oxygen atoms in total. The molecule has 0 spiro atoms. The van der Waals surface area contributed by atoms with Crippen LogP contribution in [-0.4, -0.2) is 18.8 Å². The molecular weight excluding hydrogens is 176 g/mol. The fraction of sp³-hybridized carbons (Fsp3) is 1.00. The predicted octanol–water partition coefficient (Wildman–Crippen LogP) is 1.85. The third-order valence-electron chi connectivity index (χ3n) is 1.21.